The van der Waals surface area contributed by atoms with Crippen LogP contribution in [0.15, 0.2) is 48.5 Å². The van der Waals surface area contributed by atoms with Gasteiger partial charge in [-0.05, 0) is 36.6 Å². The van der Waals surface area contributed by atoms with E-state index in [9.17, 15) is 4.79 Å². The highest BCUT2D eigenvalue weighted by atomic mass is 35.5. The van der Waals surface area contributed by atoms with E-state index in [0.29, 0.717) is 18.1 Å². The summed E-state index contributed by atoms with van der Waals surface area (Å²) in [4.78, 5) is 18.9. The van der Waals surface area contributed by atoms with Gasteiger partial charge in [0.15, 0.2) is 5.82 Å². The summed E-state index contributed by atoms with van der Waals surface area (Å²) < 4.78 is 2.11. The van der Waals surface area contributed by atoms with Gasteiger partial charge in [0.1, 0.15) is 5.82 Å². The third kappa shape index (κ3) is 3.30. The number of hydrogen-bond acceptors (Lipinski definition) is 3. The van der Waals surface area contributed by atoms with Crippen LogP contribution in [0.1, 0.15) is 53.8 Å². The number of fused-ring (bicyclic) bond motifs is 4. The summed E-state index contributed by atoms with van der Waals surface area (Å²) in [5.41, 5.74) is 4.40. The molecule has 2 amide bonds. The lowest BCUT2D eigenvalue weighted by atomic mass is 9.84. The summed E-state index contributed by atoms with van der Waals surface area (Å²) in [7, 11) is 0. The number of halogens is 1. The highest BCUT2D eigenvalue weighted by molar-refractivity contribution is 6.31. The second-order valence-corrected chi connectivity index (χ2v) is 9.25. The van der Waals surface area contributed by atoms with Crippen molar-refractivity contribution >= 4 is 28.5 Å². The number of H-pyrrole nitrogens is 1. The molecule has 0 saturated carbocycles. The van der Waals surface area contributed by atoms with Crippen molar-refractivity contribution in [3.63, 3.8) is 0 Å². The van der Waals surface area contributed by atoms with Gasteiger partial charge in [0.2, 0.25) is 0 Å². The van der Waals surface area contributed by atoms with Gasteiger partial charge in [0.25, 0.3) is 0 Å². The summed E-state index contributed by atoms with van der Waals surface area (Å²) >= 11 is 6.64. The number of aromatic amines is 1. The van der Waals surface area contributed by atoms with Crippen LogP contribution in [0.2, 0.25) is 5.02 Å². The minimum Gasteiger partial charge on any atom is -0.356 e. The number of hydrogen-bond donors (Lipinski definition) is 2. The van der Waals surface area contributed by atoms with Crippen molar-refractivity contribution in [2.75, 3.05) is 6.54 Å². The number of aromatic nitrogens is 4. The molecule has 168 valence electrons. The Labute approximate surface area is 196 Å². The maximum Gasteiger partial charge on any atom is 0.318 e. The van der Waals surface area contributed by atoms with E-state index in [2.05, 4.69) is 56.3 Å². The molecule has 0 fully saturated rings. The molecule has 4 aromatic rings. The molecule has 4 heterocycles. The van der Waals surface area contributed by atoms with Crippen molar-refractivity contribution in [3.8, 4) is 0 Å². The molecule has 2 unspecified atom stereocenters. The number of nitrogens with one attached hydrogen (secondary N) is 2. The predicted octanol–water partition coefficient (Wildman–Crippen LogP) is 4.78. The van der Waals surface area contributed by atoms with Crippen LogP contribution in [0.5, 0.6) is 0 Å². The first-order valence-corrected chi connectivity index (χ1v) is 11.8. The monoisotopic (exact) mass is 460 g/mol. The molecular formula is C25H25ClN6O. The molecule has 33 heavy (non-hydrogen) atoms. The molecule has 2 aliphatic rings. The van der Waals surface area contributed by atoms with E-state index in [4.69, 9.17) is 11.6 Å². The molecule has 6 rings (SSSR count). The summed E-state index contributed by atoms with van der Waals surface area (Å²) in [6.45, 7) is 3.90. The molecule has 2 aliphatic heterocycles. The first-order valence-electron chi connectivity index (χ1n) is 11.4. The van der Waals surface area contributed by atoms with E-state index in [0.717, 1.165) is 47.8 Å². The van der Waals surface area contributed by atoms with Gasteiger partial charge >= 0.3 is 6.03 Å². The number of urea groups is 1. The summed E-state index contributed by atoms with van der Waals surface area (Å²) in [5, 5.41) is 13.5. The van der Waals surface area contributed by atoms with E-state index in [1.807, 2.05) is 29.2 Å². The SMILES string of the molecule is CC1c2[nH]c3ccccc3c2C(c2ccccc2Cl)CN1C(=O)NCc1nnc2n1CCC2. The Morgan fingerprint density at radius 1 is 1.18 bits per heavy atom. The van der Waals surface area contributed by atoms with Gasteiger partial charge in [-0.1, -0.05) is 48.0 Å². The van der Waals surface area contributed by atoms with Crippen LogP contribution in [-0.4, -0.2) is 37.2 Å². The number of para-hydroxylation sites is 1. The molecule has 0 bridgehead atoms. The van der Waals surface area contributed by atoms with E-state index in [1.54, 1.807) is 0 Å². The highest BCUT2D eigenvalue weighted by Gasteiger charge is 2.37. The van der Waals surface area contributed by atoms with E-state index < -0.39 is 0 Å². The van der Waals surface area contributed by atoms with E-state index in [-0.39, 0.29) is 18.0 Å². The van der Waals surface area contributed by atoms with Crippen molar-refractivity contribution < 1.29 is 4.79 Å². The molecule has 2 N–H and O–H groups in total. The topological polar surface area (TPSA) is 78.8 Å². The zero-order valence-corrected chi connectivity index (χ0v) is 19.1. The van der Waals surface area contributed by atoms with Gasteiger partial charge in [0, 0.05) is 47.0 Å². The van der Waals surface area contributed by atoms with Gasteiger partial charge in [0.05, 0.1) is 12.6 Å². The van der Waals surface area contributed by atoms with Crippen molar-refractivity contribution in [2.45, 2.75) is 44.8 Å². The highest BCUT2D eigenvalue weighted by Crippen LogP contribution is 2.44. The Kier molecular flexibility index (Phi) is 4.87. The van der Waals surface area contributed by atoms with Crippen LogP contribution < -0.4 is 5.32 Å². The molecule has 2 aromatic heterocycles. The minimum atomic E-state index is -0.112. The molecule has 0 radical (unpaired) electrons. The van der Waals surface area contributed by atoms with Crippen LogP contribution in [-0.2, 0) is 19.5 Å². The van der Waals surface area contributed by atoms with E-state index >= 15 is 0 Å². The first-order chi connectivity index (χ1) is 16.1. The Morgan fingerprint density at radius 2 is 2.00 bits per heavy atom. The lowest BCUT2D eigenvalue weighted by Crippen LogP contribution is -2.46. The molecule has 0 spiro atoms. The number of benzene rings is 2. The summed E-state index contributed by atoms with van der Waals surface area (Å²) in [6, 6.07) is 16.0. The average Bonchev–Trinajstić information content (AvgIpc) is 3.54. The normalized spacial score (nSPS) is 19.5. The van der Waals surface area contributed by atoms with Gasteiger partial charge in [-0.25, -0.2) is 4.79 Å². The van der Waals surface area contributed by atoms with E-state index in [1.165, 1.54) is 10.9 Å². The Balaban J connectivity index is 1.35. The van der Waals surface area contributed by atoms with Crippen LogP contribution >= 0.6 is 11.6 Å². The third-order valence-electron chi connectivity index (χ3n) is 7.02. The Morgan fingerprint density at radius 3 is 2.88 bits per heavy atom. The smallest absolute Gasteiger partial charge is 0.318 e. The molecular weight excluding hydrogens is 436 g/mol. The number of carbonyl (C=O) groups excluding carboxylic acids is 1. The Bertz CT molecular complexity index is 1360. The molecule has 2 atom stereocenters. The number of rotatable bonds is 3. The van der Waals surface area contributed by atoms with Crippen molar-refractivity contribution in [2.24, 2.45) is 0 Å². The summed E-state index contributed by atoms with van der Waals surface area (Å²) in [5.74, 6) is 1.80. The second-order valence-electron chi connectivity index (χ2n) is 8.85. The van der Waals surface area contributed by atoms with Crippen molar-refractivity contribution in [1.29, 1.82) is 0 Å². The number of nitrogens with zero attached hydrogens (tertiary/aromatic N) is 4. The van der Waals surface area contributed by atoms with Gasteiger partial charge in [-0.15, -0.1) is 10.2 Å². The van der Waals surface area contributed by atoms with Crippen molar-refractivity contribution in [1.82, 2.24) is 30.0 Å². The fourth-order valence-electron chi connectivity index (χ4n) is 5.36. The van der Waals surface area contributed by atoms with Gasteiger partial charge in [-0.2, -0.15) is 0 Å². The molecule has 7 nitrogen and oxygen atoms in total. The van der Waals surface area contributed by atoms with Crippen LogP contribution in [0.25, 0.3) is 10.9 Å². The lowest BCUT2D eigenvalue weighted by Gasteiger charge is -2.38. The van der Waals surface area contributed by atoms with Crippen LogP contribution in [0.4, 0.5) is 4.79 Å². The lowest BCUT2D eigenvalue weighted by molar-refractivity contribution is 0.168. The molecule has 2 aromatic carbocycles. The molecule has 0 aliphatic carbocycles. The zero-order valence-electron chi connectivity index (χ0n) is 18.4. The quantitative estimate of drug-likeness (QED) is 0.462. The fourth-order valence-corrected chi connectivity index (χ4v) is 5.63. The largest absolute Gasteiger partial charge is 0.356 e. The predicted molar refractivity (Wildman–Crippen MR) is 127 cm³/mol. The standard InChI is InChI=1S/C25H25ClN6O/c1-15-24-23(17-8-3-5-10-20(17)28-24)18(16-7-2-4-9-19(16)26)14-32(15)25(33)27-13-22-30-29-21-11-6-12-31(21)22/h2-5,7-10,15,18,28H,6,11-14H2,1H3,(H,27,33). The first kappa shape index (κ1) is 20.3. The number of aryl methyl sites for hydroxylation is 1. The third-order valence-corrected chi connectivity index (χ3v) is 7.36. The van der Waals surface area contributed by atoms with Crippen LogP contribution in [0, 0.1) is 0 Å². The Hall–Kier alpha value is -3.32. The molecule has 8 heteroatoms. The molecule has 0 saturated heterocycles. The number of amides is 2. The summed E-state index contributed by atoms with van der Waals surface area (Å²) in [6.07, 6.45) is 2.03. The second kappa shape index (κ2) is 7.92. The van der Waals surface area contributed by atoms with Gasteiger partial charge < -0.3 is 19.8 Å². The average molecular weight is 461 g/mol. The minimum absolute atomic E-state index is 0.0239. The maximum absolute atomic E-state index is 13.4. The zero-order chi connectivity index (χ0) is 22.5. The van der Waals surface area contributed by atoms with Crippen LogP contribution in [0.3, 0.4) is 0 Å². The fraction of sp³-hybridized carbons (Fsp3) is 0.320. The number of carbonyl (C=O) groups is 1. The maximum atomic E-state index is 13.4. The van der Waals surface area contributed by atoms with Crippen molar-refractivity contribution in [3.05, 3.63) is 82.0 Å². The van der Waals surface area contributed by atoms with Gasteiger partial charge in [-0.3, -0.25) is 0 Å².